The maximum absolute atomic E-state index is 14.6. The van der Waals surface area contributed by atoms with Crippen molar-refractivity contribution < 1.29 is 18.3 Å². The zero-order chi connectivity index (χ0) is 27.4. The molecule has 204 valence electrons. The van der Waals surface area contributed by atoms with Crippen molar-refractivity contribution in [2.24, 2.45) is 0 Å². The van der Waals surface area contributed by atoms with Crippen molar-refractivity contribution in [1.29, 1.82) is 0 Å². The molecule has 5 aromatic rings. The first kappa shape index (κ1) is 24.4. The highest BCUT2D eigenvalue weighted by Crippen LogP contribution is 2.37. The van der Waals surface area contributed by atoms with Gasteiger partial charge >= 0.3 is 5.69 Å². The van der Waals surface area contributed by atoms with E-state index in [9.17, 15) is 18.4 Å². The van der Waals surface area contributed by atoms with Crippen LogP contribution in [0.15, 0.2) is 53.7 Å². The van der Waals surface area contributed by atoms with Crippen LogP contribution in [0.2, 0.25) is 0 Å². The fourth-order valence-electron chi connectivity index (χ4n) is 5.52. The lowest BCUT2D eigenvalue weighted by atomic mass is 10.00. The number of nitrogens with one attached hydrogen (secondary N) is 1. The summed E-state index contributed by atoms with van der Waals surface area (Å²) in [6, 6.07) is 8.21. The van der Waals surface area contributed by atoms with E-state index in [2.05, 4.69) is 15.3 Å². The molecule has 1 saturated heterocycles. The van der Waals surface area contributed by atoms with Crippen LogP contribution in [0.3, 0.4) is 0 Å². The Hall–Kier alpha value is -4.65. The first-order chi connectivity index (χ1) is 19.5. The van der Waals surface area contributed by atoms with E-state index in [0.29, 0.717) is 54.7 Å². The molecule has 0 aliphatic carbocycles. The van der Waals surface area contributed by atoms with Crippen LogP contribution in [0.25, 0.3) is 28.1 Å². The predicted molar refractivity (Wildman–Crippen MR) is 140 cm³/mol. The Kier molecular flexibility index (Phi) is 5.81. The van der Waals surface area contributed by atoms with Crippen molar-refractivity contribution in [3.8, 4) is 11.7 Å². The molecule has 2 aliphatic heterocycles. The van der Waals surface area contributed by atoms with Gasteiger partial charge in [0.15, 0.2) is 17.2 Å². The lowest BCUT2D eigenvalue weighted by molar-refractivity contribution is -0.132. The minimum Gasteiger partial charge on any atom is -0.490 e. The summed E-state index contributed by atoms with van der Waals surface area (Å²) in [5.41, 5.74) is 1.68. The summed E-state index contributed by atoms with van der Waals surface area (Å²) in [5.74, 6) is -0.887. The molecule has 3 aromatic heterocycles. The van der Waals surface area contributed by atoms with Gasteiger partial charge < -0.3 is 15.0 Å². The van der Waals surface area contributed by atoms with Gasteiger partial charge in [-0.25, -0.2) is 23.5 Å². The molecular formula is C27H24F2N8O3. The lowest BCUT2D eigenvalue weighted by Crippen LogP contribution is -2.48. The Labute approximate surface area is 225 Å². The van der Waals surface area contributed by atoms with Crippen LogP contribution in [0, 0.1) is 11.6 Å². The van der Waals surface area contributed by atoms with Gasteiger partial charge in [0.2, 0.25) is 11.9 Å². The van der Waals surface area contributed by atoms with Gasteiger partial charge in [0.25, 0.3) is 0 Å². The number of nitrogens with zero attached hydrogens (tertiary/aromatic N) is 7. The maximum atomic E-state index is 14.6. The molecule has 0 radical (unpaired) electrons. The predicted octanol–water partition coefficient (Wildman–Crippen LogP) is 2.01. The molecule has 5 heterocycles. The molecule has 1 atom stereocenters. The van der Waals surface area contributed by atoms with E-state index in [4.69, 9.17) is 9.72 Å². The molecule has 0 unspecified atom stereocenters. The number of benzene rings is 2. The summed E-state index contributed by atoms with van der Waals surface area (Å²) in [5, 5.41) is 3.21. The van der Waals surface area contributed by atoms with Crippen LogP contribution in [0.4, 0.5) is 8.78 Å². The second kappa shape index (κ2) is 9.52. The highest BCUT2D eigenvalue weighted by molar-refractivity contribution is 5.80. The minimum absolute atomic E-state index is 0.0915. The second-order valence-corrected chi connectivity index (χ2v) is 9.81. The van der Waals surface area contributed by atoms with Gasteiger partial charge in [0.05, 0.1) is 29.9 Å². The van der Waals surface area contributed by atoms with E-state index >= 15 is 0 Å². The largest absolute Gasteiger partial charge is 0.490 e. The van der Waals surface area contributed by atoms with Gasteiger partial charge in [-0.05, 0) is 18.2 Å². The third-order valence-corrected chi connectivity index (χ3v) is 7.49. The molecule has 0 saturated carbocycles. The van der Waals surface area contributed by atoms with Gasteiger partial charge in [-0.15, -0.1) is 0 Å². The highest BCUT2D eigenvalue weighted by atomic mass is 19.1. The van der Waals surface area contributed by atoms with Crippen LogP contribution in [0.1, 0.15) is 18.0 Å². The molecule has 1 N–H and O–H groups in total. The molecule has 40 heavy (non-hydrogen) atoms. The van der Waals surface area contributed by atoms with Crippen molar-refractivity contribution in [3.05, 3.63) is 76.6 Å². The number of fused-ring (bicyclic) bond motifs is 3. The average Bonchev–Trinajstić information content (AvgIpc) is 3.51. The summed E-state index contributed by atoms with van der Waals surface area (Å²) in [4.78, 5) is 42.4. The number of carbonyl (C=O) groups excluding carboxylic acids is 1. The Balaban J connectivity index is 1.41. The van der Waals surface area contributed by atoms with Crippen LogP contribution < -0.4 is 15.7 Å². The lowest BCUT2D eigenvalue weighted by Gasteiger charge is -2.27. The van der Waals surface area contributed by atoms with Gasteiger partial charge in [-0.2, -0.15) is 4.98 Å². The van der Waals surface area contributed by atoms with Crippen LogP contribution in [-0.2, 0) is 11.3 Å². The topological polar surface area (TPSA) is 112 Å². The quantitative estimate of drug-likeness (QED) is 0.367. The number of hydrogen-bond donors (Lipinski definition) is 1. The average molecular weight is 547 g/mol. The standard InChI is InChI=1S/C27H24F2N8O3/c28-16-4-5-19-21(12-16)36(15-32-19)26-31-13-22-25(33-26)37(20-6-11-40-24-17(20)2-1-3-18(24)29)27(39)35(22)14-23(38)34-9-7-30-8-10-34/h1-5,12-13,15,20,30H,6-11,14H2/t20-/m1/s1. The van der Waals surface area contributed by atoms with E-state index in [1.807, 2.05) is 0 Å². The summed E-state index contributed by atoms with van der Waals surface area (Å²) >= 11 is 0. The Bertz CT molecular complexity index is 1840. The summed E-state index contributed by atoms with van der Waals surface area (Å²) in [6.07, 6.45) is 3.36. The summed E-state index contributed by atoms with van der Waals surface area (Å²) < 4.78 is 38.7. The smallest absolute Gasteiger partial charge is 0.331 e. The minimum atomic E-state index is -0.593. The fraction of sp³-hybridized carbons (Fsp3) is 0.296. The van der Waals surface area contributed by atoms with E-state index in [0.717, 1.165) is 0 Å². The molecule has 1 fully saturated rings. The molecule has 2 aliphatic rings. The maximum Gasteiger partial charge on any atom is 0.331 e. The molecule has 11 nitrogen and oxygen atoms in total. The SMILES string of the molecule is O=C(Cn1c(=O)n([C@@H]2CCOc3c(F)cccc32)c2nc(-n3cnc4ccc(F)cc43)ncc21)N1CCNCC1. The third-order valence-electron chi connectivity index (χ3n) is 7.49. The third kappa shape index (κ3) is 3.92. The fourth-order valence-corrected chi connectivity index (χ4v) is 5.52. The van der Waals surface area contributed by atoms with Crippen molar-refractivity contribution in [2.75, 3.05) is 32.8 Å². The van der Waals surface area contributed by atoms with Crippen molar-refractivity contribution in [3.63, 3.8) is 0 Å². The number of aromatic nitrogens is 6. The Morgan fingerprint density at radius 3 is 2.80 bits per heavy atom. The molecule has 7 rings (SSSR count). The van der Waals surface area contributed by atoms with E-state index < -0.39 is 23.4 Å². The Morgan fingerprint density at radius 1 is 1.10 bits per heavy atom. The number of rotatable bonds is 4. The van der Waals surface area contributed by atoms with Gasteiger partial charge in [-0.3, -0.25) is 18.5 Å². The number of amides is 1. The van der Waals surface area contributed by atoms with E-state index in [1.54, 1.807) is 23.1 Å². The van der Waals surface area contributed by atoms with Crippen molar-refractivity contribution >= 4 is 28.1 Å². The summed E-state index contributed by atoms with van der Waals surface area (Å²) in [6.45, 7) is 2.45. The number of piperazine rings is 1. The monoisotopic (exact) mass is 546 g/mol. The van der Waals surface area contributed by atoms with Crippen LogP contribution in [-0.4, -0.2) is 72.2 Å². The van der Waals surface area contributed by atoms with Gasteiger partial charge in [0, 0.05) is 44.2 Å². The molecular weight excluding hydrogens is 522 g/mol. The zero-order valence-corrected chi connectivity index (χ0v) is 21.3. The number of hydrogen-bond acceptors (Lipinski definition) is 7. The van der Waals surface area contributed by atoms with Crippen LogP contribution in [0.5, 0.6) is 5.75 Å². The van der Waals surface area contributed by atoms with E-state index in [-0.39, 0.29) is 36.4 Å². The Morgan fingerprint density at radius 2 is 1.95 bits per heavy atom. The number of para-hydroxylation sites is 1. The molecule has 13 heteroatoms. The van der Waals surface area contributed by atoms with Gasteiger partial charge in [-0.1, -0.05) is 12.1 Å². The molecule has 2 aromatic carbocycles. The number of ether oxygens (including phenoxy) is 1. The highest BCUT2D eigenvalue weighted by Gasteiger charge is 2.31. The normalized spacial score (nSPS) is 17.2. The second-order valence-electron chi connectivity index (χ2n) is 9.81. The zero-order valence-electron chi connectivity index (χ0n) is 21.3. The van der Waals surface area contributed by atoms with Crippen molar-refractivity contribution in [1.82, 2.24) is 38.9 Å². The molecule has 0 spiro atoms. The first-order valence-corrected chi connectivity index (χ1v) is 13.0. The molecule has 1 amide bonds. The number of imidazole rings is 2. The van der Waals surface area contributed by atoms with Crippen LogP contribution >= 0.6 is 0 Å². The number of halogens is 2. The number of carbonyl (C=O) groups is 1. The molecule has 0 bridgehead atoms. The first-order valence-electron chi connectivity index (χ1n) is 13.0. The summed E-state index contributed by atoms with van der Waals surface area (Å²) in [7, 11) is 0. The van der Waals surface area contributed by atoms with Crippen molar-refractivity contribution in [2.45, 2.75) is 19.0 Å². The van der Waals surface area contributed by atoms with Gasteiger partial charge in [0.1, 0.15) is 24.2 Å². The van der Waals surface area contributed by atoms with E-state index in [1.165, 1.54) is 44.4 Å².